The Balaban J connectivity index is 1.52. The molecule has 0 amide bonds. The molecule has 2 saturated carbocycles. The van der Waals surface area contributed by atoms with E-state index >= 15 is 0 Å². The summed E-state index contributed by atoms with van der Waals surface area (Å²) in [5.74, 6) is 1.83. The minimum atomic E-state index is -0.146. The average molecular weight is 247 g/mol. The van der Waals surface area contributed by atoms with Crippen LogP contribution in [0.15, 0.2) is 24.3 Å². The van der Waals surface area contributed by atoms with Gasteiger partial charge in [0.05, 0.1) is 0 Å². The van der Waals surface area contributed by atoms with Gasteiger partial charge in [-0.15, -0.1) is 0 Å². The molecule has 1 aromatic carbocycles. The predicted octanol–water partition coefficient (Wildman–Crippen LogP) is 3.53. The second-order valence-corrected chi connectivity index (χ2v) is 6.10. The third kappa shape index (κ3) is 2.74. The van der Waals surface area contributed by atoms with Gasteiger partial charge in [-0.05, 0) is 55.7 Å². The van der Waals surface area contributed by atoms with Gasteiger partial charge in [0, 0.05) is 12.1 Å². The van der Waals surface area contributed by atoms with E-state index in [0.717, 1.165) is 24.3 Å². The molecule has 0 bridgehead atoms. The van der Waals surface area contributed by atoms with Gasteiger partial charge in [0.25, 0.3) is 0 Å². The van der Waals surface area contributed by atoms with Crippen LogP contribution in [0.2, 0.25) is 0 Å². The standard InChI is InChI=1S/C16H22FN/c1-11(9-12-5-7-14(17)8-6-12)18-16-4-2-3-13-10-15(13)16/h5-8,11,13,15-16,18H,2-4,9-10H2,1H3. The molecule has 4 unspecified atom stereocenters. The van der Waals surface area contributed by atoms with Crippen LogP contribution >= 0.6 is 0 Å². The SMILES string of the molecule is CC(Cc1ccc(F)cc1)NC1CCCC2CC21. The van der Waals surface area contributed by atoms with Crippen LogP contribution in [-0.4, -0.2) is 12.1 Å². The molecule has 2 heteroatoms. The first-order valence-corrected chi connectivity index (χ1v) is 7.23. The number of hydrogen-bond acceptors (Lipinski definition) is 1. The van der Waals surface area contributed by atoms with Crippen molar-refractivity contribution in [2.24, 2.45) is 11.8 Å². The van der Waals surface area contributed by atoms with Gasteiger partial charge in [-0.2, -0.15) is 0 Å². The third-order valence-electron chi connectivity index (χ3n) is 4.54. The number of halogens is 1. The lowest BCUT2D eigenvalue weighted by atomic mass is 9.94. The van der Waals surface area contributed by atoms with E-state index in [2.05, 4.69) is 12.2 Å². The van der Waals surface area contributed by atoms with Crippen LogP contribution in [0.3, 0.4) is 0 Å². The van der Waals surface area contributed by atoms with Gasteiger partial charge >= 0.3 is 0 Å². The van der Waals surface area contributed by atoms with Crippen LogP contribution in [0.25, 0.3) is 0 Å². The molecule has 98 valence electrons. The summed E-state index contributed by atoms with van der Waals surface area (Å²) in [5, 5.41) is 3.78. The largest absolute Gasteiger partial charge is 0.311 e. The number of hydrogen-bond donors (Lipinski definition) is 1. The zero-order valence-corrected chi connectivity index (χ0v) is 11.0. The Morgan fingerprint density at radius 1 is 1.28 bits per heavy atom. The summed E-state index contributed by atoms with van der Waals surface area (Å²) in [6, 6.07) is 8.13. The predicted molar refractivity (Wildman–Crippen MR) is 71.9 cm³/mol. The molecule has 2 aliphatic carbocycles. The van der Waals surface area contributed by atoms with Gasteiger partial charge in [-0.25, -0.2) is 4.39 Å². The van der Waals surface area contributed by atoms with Crippen molar-refractivity contribution in [3.63, 3.8) is 0 Å². The van der Waals surface area contributed by atoms with Crippen LogP contribution in [0, 0.1) is 17.7 Å². The van der Waals surface area contributed by atoms with Crippen LogP contribution in [0.1, 0.15) is 38.2 Å². The molecule has 0 saturated heterocycles. The Kier molecular flexibility index (Phi) is 3.38. The molecule has 0 aromatic heterocycles. The van der Waals surface area contributed by atoms with E-state index in [0.29, 0.717) is 6.04 Å². The molecule has 1 nitrogen and oxygen atoms in total. The topological polar surface area (TPSA) is 12.0 Å². The van der Waals surface area contributed by atoms with Crippen molar-refractivity contribution < 1.29 is 4.39 Å². The highest BCUT2D eigenvalue weighted by Crippen LogP contribution is 2.49. The van der Waals surface area contributed by atoms with Crippen LogP contribution in [0.5, 0.6) is 0 Å². The van der Waals surface area contributed by atoms with Gasteiger partial charge < -0.3 is 5.32 Å². The Bertz CT molecular complexity index is 400. The van der Waals surface area contributed by atoms with E-state index in [1.807, 2.05) is 12.1 Å². The highest BCUT2D eigenvalue weighted by Gasteiger charge is 2.45. The Morgan fingerprint density at radius 2 is 2.06 bits per heavy atom. The van der Waals surface area contributed by atoms with Crippen molar-refractivity contribution in [3.8, 4) is 0 Å². The molecule has 0 heterocycles. The molecule has 1 aromatic rings. The summed E-state index contributed by atoms with van der Waals surface area (Å²) in [6.07, 6.45) is 6.63. The Labute approximate surface area is 109 Å². The van der Waals surface area contributed by atoms with Gasteiger partial charge in [0.2, 0.25) is 0 Å². The minimum absolute atomic E-state index is 0.146. The Morgan fingerprint density at radius 3 is 2.83 bits per heavy atom. The molecule has 0 aliphatic heterocycles. The minimum Gasteiger partial charge on any atom is -0.311 e. The second kappa shape index (κ2) is 5.00. The van der Waals surface area contributed by atoms with Crippen molar-refractivity contribution in [3.05, 3.63) is 35.6 Å². The highest BCUT2D eigenvalue weighted by molar-refractivity contribution is 5.17. The first kappa shape index (κ1) is 12.2. The first-order chi connectivity index (χ1) is 8.72. The molecule has 0 radical (unpaired) electrons. The van der Waals surface area contributed by atoms with E-state index in [-0.39, 0.29) is 5.82 Å². The van der Waals surface area contributed by atoms with Crippen molar-refractivity contribution in [2.45, 2.75) is 51.1 Å². The summed E-state index contributed by atoms with van der Waals surface area (Å²) in [6.45, 7) is 2.25. The van der Waals surface area contributed by atoms with E-state index in [9.17, 15) is 4.39 Å². The fraction of sp³-hybridized carbons (Fsp3) is 0.625. The highest BCUT2D eigenvalue weighted by atomic mass is 19.1. The summed E-state index contributed by atoms with van der Waals surface area (Å²) >= 11 is 0. The summed E-state index contributed by atoms with van der Waals surface area (Å²) in [5.41, 5.74) is 1.22. The van der Waals surface area contributed by atoms with Crippen molar-refractivity contribution >= 4 is 0 Å². The molecule has 3 rings (SSSR count). The second-order valence-electron chi connectivity index (χ2n) is 6.10. The monoisotopic (exact) mass is 247 g/mol. The number of nitrogens with one attached hydrogen (secondary N) is 1. The third-order valence-corrected chi connectivity index (χ3v) is 4.54. The number of fused-ring (bicyclic) bond motifs is 1. The van der Waals surface area contributed by atoms with E-state index < -0.39 is 0 Å². The fourth-order valence-electron chi connectivity index (χ4n) is 3.52. The molecule has 4 atom stereocenters. The molecular weight excluding hydrogens is 225 g/mol. The summed E-state index contributed by atoms with van der Waals surface area (Å²) in [4.78, 5) is 0. The van der Waals surface area contributed by atoms with E-state index in [1.165, 1.54) is 31.2 Å². The van der Waals surface area contributed by atoms with E-state index in [4.69, 9.17) is 0 Å². The maximum Gasteiger partial charge on any atom is 0.123 e. The van der Waals surface area contributed by atoms with Crippen LogP contribution in [0.4, 0.5) is 4.39 Å². The molecule has 0 spiro atoms. The van der Waals surface area contributed by atoms with E-state index in [1.54, 1.807) is 12.1 Å². The average Bonchev–Trinajstić information content (AvgIpc) is 3.12. The van der Waals surface area contributed by atoms with Crippen molar-refractivity contribution in [2.75, 3.05) is 0 Å². The maximum atomic E-state index is 12.8. The maximum absolute atomic E-state index is 12.8. The lowest BCUT2D eigenvalue weighted by molar-refractivity contribution is 0.325. The Hall–Kier alpha value is -0.890. The lowest BCUT2D eigenvalue weighted by Gasteiger charge is -2.26. The summed E-state index contributed by atoms with van der Waals surface area (Å²) < 4.78 is 12.8. The summed E-state index contributed by atoms with van der Waals surface area (Å²) in [7, 11) is 0. The first-order valence-electron chi connectivity index (χ1n) is 7.23. The normalized spacial score (nSPS) is 31.8. The zero-order chi connectivity index (χ0) is 12.5. The molecule has 2 aliphatic rings. The van der Waals surface area contributed by atoms with Gasteiger partial charge in [-0.1, -0.05) is 25.0 Å². The van der Waals surface area contributed by atoms with Crippen LogP contribution in [-0.2, 0) is 6.42 Å². The smallest absolute Gasteiger partial charge is 0.123 e. The van der Waals surface area contributed by atoms with Crippen molar-refractivity contribution in [1.82, 2.24) is 5.32 Å². The molecule has 18 heavy (non-hydrogen) atoms. The number of benzene rings is 1. The molecular formula is C16H22FN. The van der Waals surface area contributed by atoms with Crippen LogP contribution < -0.4 is 5.32 Å². The quantitative estimate of drug-likeness (QED) is 0.858. The number of rotatable bonds is 4. The van der Waals surface area contributed by atoms with Gasteiger partial charge in [-0.3, -0.25) is 0 Å². The van der Waals surface area contributed by atoms with Gasteiger partial charge in [0.1, 0.15) is 5.82 Å². The molecule has 1 N–H and O–H groups in total. The van der Waals surface area contributed by atoms with Crippen molar-refractivity contribution in [1.29, 1.82) is 0 Å². The fourth-order valence-corrected chi connectivity index (χ4v) is 3.52. The zero-order valence-electron chi connectivity index (χ0n) is 11.0. The lowest BCUT2D eigenvalue weighted by Crippen LogP contribution is -2.40. The molecule has 2 fully saturated rings. The van der Waals surface area contributed by atoms with Gasteiger partial charge in [0.15, 0.2) is 0 Å².